The van der Waals surface area contributed by atoms with Gasteiger partial charge < -0.3 is 30.5 Å². The van der Waals surface area contributed by atoms with E-state index in [9.17, 15) is 24.0 Å². The van der Waals surface area contributed by atoms with Crippen LogP contribution < -0.4 is 11.1 Å². The summed E-state index contributed by atoms with van der Waals surface area (Å²) < 4.78 is 5.49. The highest BCUT2D eigenvalue weighted by Gasteiger charge is 2.42. The molecule has 11 heteroatoms. The first-order valence-electron chi connectivity index (χ1n) is 11.2. The van der Waals surface area contributed by atoms with Gasteiger partial charge in [0.1, 0.15) is 30.3 Å². The molecule has 0 radical (unpaired) electrons. The summed E-state index contributed by atoms with van der Waals surface area (Å²) in [6, 6.07) is -3.33. The number of rotatable bonds is 1. The van der Waals surface area contributed by atoms with Crippen LogP contribution in [0.5, 0.6) is 0 Å². The quantitative estimate of drug-likeness (QED) is 0.467. The van der Waals surface area contributed by atoms with Crippen LogP contribution >= 0.6 is 0 Å². The van der Waals surface area contributed by atoms with Crippen LogP contribution in [0.2, 0.25) is 0 Å². The standard InChI is InChI=1S/C21H33N5O6/c1-12-10-17(27)25-8-4-6-14(25)20(30)24(3)16(11-22)18(28)23-13(2)19(29)26-9-5-7-15(26)21(31)32-12/h12-16H,4-11,22H2,1-3H3,(H,23,28). The van der Waals surface area contributed by atoms with Crippen molar-refractivity contribution >= 4 is 29.6 Å². The third kappa shape index (κ3) is 4.72. The third-order valence-electron chi connectivity index (χ3n) is 6.52. The van der Waals surface area contributed by atoms with Gasteiger partial charge in [0.15, 0.2) is 0 Å². The second-order valence-corrected chi connectivity index (χ2v) is 8.82. The first kappa shape index (κ1) is 24.0. The van der Waals surface area contributed by atoms with Gasteiger partial charge in [-0.1, -0.05) is 0 Å². The summed E-state index contributed by atoms with van der Waals surface area (Å²) in [6.07, 6.45) is 1.49. The Morgan fingerprint density at radius 1 is 0.969 bits per heavy atom. The number of hydrogen-bond acceptors (Lipinski definition) is 7. The molecule has 3 aliphatic rings. The van der Waals surface area contributed by atoms with E-state index < -0.39 is 48.1 Å². The average Bonchev–Trinajstić information content (AvgIpc) is 3.41. The number of likely N-dealkylation sites (N-methyl/N-ethyl adjacent to an activating group) is 1. The summed E-state index contributed by atoms with van der Waals surface area (Å²) in [5.41, 5.74) is 5.80. The molecule has 0 aromatic carbocycles. The molecular weight excluding hydrogens is 418 g/mol. The molecular formula is C21H33N5O6. The molecule has 11 nitrogen and oxygen atoms in total. The van der Waals surface area contributed by atoms with E-state index >= 15 is 0 Å². The zero-order valence-electron chi connectivity index (χ0n) is 18.9. The number of nitrogens with two attached hydrogens (primary N) is 1. The number of nitrogens with one attached hydrogen (secondary N) is 1. The molecule has 3 N–H and O–H groups in total. The first-order chi connectivity index (χ1) is 15.1. The number of fused-ring (bicyclic) bond motifs is 2. The zero-order chi connectivity index (χ0) is 23.6. The van der Waals surface area contributed by atoms with Crippen LogP contribution in [0, 0.1) is 0 Å². The van der Waals surface area contributed by atoms with E-state index in [4.69, 9.17) is 10.5 Å². The normalized spacial score (nSPS) is 33.2. The van der Waals surface area contributed by atoms with E-state index in [1.165, 1.54) is 21.7 Å². The maximum atomic E-state index is 13.1. The third-order valence-corrected chi connectivity index (χ3v) is 6.52. The first-order valence-corrected chi connectivity index (χ1v) is 11.2. The number of nitrogens with zero attached hydrogens (tertiary/aromatic N) is 3. The minimum atomic E-state index is -0.985. The minimum Gasteiger partial charge on any atom is -0.461 e. The van der Waals surface area contributed by atoms with E-state index in [0.717, 1.165) is 0 Å². The van der Waals surface area contributed by atoms with Crippen LogP contribution in [-0.2, 0) is 28.7 Å². The van der Waals surface area contributed by atoms with Gasteiger partial charge in [-0.15, -0.1) is 0 Å². The Labute approximate surface area is 187 Å². The molecule has 32 heavy (non-hydrogen) atoms. The lowest BCUT2D eigenvalue weighted by Gasteiger charge is -2.34. The summed E-state index contributed by atoms with van der Waals surface area (Å²) in [6.45, 7) is 3.84. The van der Waals surface area contributed by atoms with Crippen molar-refractivity contribution in [3.05, 3.63) is 0 Å². The number of cyclic esters (lactones) is 1. The number of ether oxygens (including phenoxy) is 1. The fourth-order valence-electron chi connectivity index (χ4n) is 4.73. The number of hydrogen-bond donors (Lipinski definition) is 2. The van der Waals surface area contributed by atoms with Crippen LogP contribution in [0.1, 0.15) is 46.0 Å². The van der Waals surface area contributed by atoms with E-state index in [-0.39, 0.29) is 24.8 Å². The van der Waals surface area contributed by atoms with Crippen LogP contribution in [0.3, 0.4) is 0 Å². The van der Waals surface area contributed by atoms with Crippen molar-refractivity contribution in [2.75, 3.05) is 26.7 Å². The number of carbonyl (C=O) groups is 5. The van der Waals surface area contributed by atoms with Crippen LogP contribution in [-0.4, -0.2) is 101 Å². The number of amides is 4. The Hall–Kier alpha value is -2.69. The predicted molar refractivity (Wildman–Crippen MR) is 113 cm³/mol. The van der Waals surface area contributed by atoms with Gasteiger partial charge in [0.2, 0.25) is 23.6 Å². The fraction of sp³-hybridized carbons (Fsp3) is 0.762. The van der Waals surface area contributed by atoms with Crippen molar-refractivity contribution in [1.29, 1.82) is 0 Å². The summed E-state index contributed by atoms with van der Waals surface area (Å²) in [7, 11) is 1.48. The fourth-order valence-corrected chi connectivity index (χ4v) is 4.73. The Kier molecular flexibility index (Phi) is 7.37. The van der Waals surface area contributed by atoms with Gasteiger partial charge in [0.05, 0.1) is 6.42 Å². The van der Waals surface area contributed by atoms with Crippen LogP contribution in [0.4, 0.5) is 0 Å². The molecule has 3 rings (SSSR count). The molecule has 5 unspecified atom stereocenters. The highest BCUT2D eigenvalue weighted by atomic mass is 16.5. The van der Waals surface area contributed by atoms with Crippen LogP contribution in [0.25, 0.3) is 0 Å². The Bertz CT molecular complexity index is 789. The van der Waals surface area contributed by atoms with Crippen molar-refractivity contribution in [3.63, 3.8) is 0 Å². The second-order valence-electron chi connectivity index (χ2n) is 8.82. The molecule has 0 saturated carbocycles. The second kappa shape index (κ2) is 9.85. The van der Waals surface area contributed by atoms with Gasteiger partial charge in [-0.3, -0.25) is 19.2 Å². The van der Waals surface area contributed by atoms with Crippen molar-refractivity contribution in [1.82, 2.24) is 20.0 Å². The number of esters is 1. The zero-order valence-corrected chi connectivity index (χ0v) is 18.9. The van der Waals surface area contributed by atoms with Crippen molar-refractivity contribution < 1.29 is 28.7 Å². The molecule has 0 aromatic rings. The van der Waals surface area contributed by atoms with Gasteiger partial charge in [0.25, 0.3) is 0 Å². The minimum absolute atomic E-state index is 0.0584. The van der Waals surface area contributed by atoms with Crippen molar-refractivity contribution in [3.8, 4) is 0 Å². The molecule has 0 bridgehead atoms. The van der Waals surface area contributed by atoms with E-state index in [0.29, 0.717) is 38.8 Å². The lowest BCUT2D eigenvalue weighted by Crippen LogP contribution is -2.59. The predicted octanol–water partition coefficient (Wildman–Crippen LogP) is -1.41. The molecule has 0 aromatic heterocycles. The van der Waals surface area contributed by atoms with E-state index in [1.807, 2.05) is 0 Å². The summed E-state index contributed by atoms with van der Waals surface area (Å²) in [4.78, 5) is 68.8. The van der Waals surface area contributed by atoms with Gasteiger partial charge in [-0.05, 0) is 39.5 Å². The van der Waals surface area contributed by atoms with Crippen molar-refractivity contribution in [2.24, 2.45) is 5.73 Å². The molecule has 3 aliphatic heterocycles. The van der Waals surface area contributed by atoms with Gasteiger partial charge in [-0.2, -0.15) is 0 Å². The Morgan fingerprint density at radius 2 is 1.59 bits per heavy atom. The van der Waals surface area contributed by atoms with E-state index in [1.54, 1.807) is 13.8 Å². The monoisotopic (exact) mass is 451 g/mol. The lowest BCUT2D eigenvalue weighted by molar-refractivity contribution is -0.160. The highest BCUT2D eigenvalue weighted by molar-refractivity contribution is 5.95. The Balaban J connectivity index is 1.91. The molecule has 4 amide bonds. The van der Waals surface area contributed by atoms with E-state index in [2.05, 4.69) is 5.32 Å². The summed E-state index contributed by atoms with van der Waals surface area (Å²) in [5, 5.41) is 2.63. The maximum absolute atomic E-state index is 13.1. The van der Waals surface area contributed by atoms with Gasteiger partial charge >= 0.3 is 5.97 Å². The Morgan fingerprint density at radius 3 is 2.25 bits per heavy atom. The molecule has 0 aliphatic carbocycles. The largest absolute Gasteiger partial charge is 0.461 e. The smallest absolute Gasteiger partial charge is 0.329 e. The highest BCUT2D eigenvalue weighted by Crippen LogP contribution is 2.24. The molecule has 3 heterocycles. The lowest BCUT2D eigenvalue weighted by atomic mass is 10.1. The molecule has 5 atom stereocenters. The van der Waals surface area contributed by atoms with Crippen molar-refractivity contribution in [2.45, 2.75) is 76.2 Å². The van der Waals surface area contributed by atoms with Gasteiger partial charge in [-0.25, -0.2) is 4.79 Å². The average molecular weight is 452 g/mol. The molecule has 178 valence electrons. The molecule has 3 saturated heterocycles. The molecule has 0 spiro atoms. The summed E-state index contributed by atoms with van der Waals surface area (Å²) >= 11 is 0. The topological polar surface area (TPSA) is 142 Å². The van der Waals surface area contributed by atoms with Gasteiger partial charge in [0, 0.05) is 26.7 Å². The molecule has 3 fully saturated rings. The van der Waals surface area contributed by atoms with Crippen LogP contribution in [0.15, 0.2) is 0 Å². The SMILES string of the molecule is CC1CC(=O)N2CCCC2C(=O)N(C)C(CN)C(=O)NC(C)C(=O)N2CCCC2C(=O)O1. The number of carbonyl (C=O) groups excluding carboxylic acids is 5. The maximum Gasteiger partial charge on any atom is 0.329 e. The summed E-state index contributed by atoms with van der Waals surface area (Å²) in [5.74, 6) is -2.19.